The van der Waals surface area contributed by atoms with Crippen molar-refractivity contribution < 1.29 is 4.79 Å². The average Bonchev–Trinajstić information content (AvgIpc) is 1.96. The summed E-state index contributed by atoms with van der Waals surface area (Å²) in [6.07, 6.45) is 1.76. The molecule has 0 aliphatic heterocycles. The molecule has 0 fully saturated rings. The third kappa shape index (κ3) is 5.27. The smallest absolute Gasteiger partial charge is 0.146 e. The van der Waals surface area contributed by atoms with Crippen LogP contribution in [0.5, 0.6) is 0 Å². The van der Waals surface area contributed by atoms with Crippen molar-refractivity contribution in [2.75, 3.05) is 6.54 Å². The van der Waals surface area contributed by atoms with Crippen molar-refractivity contribution in [2.24, 2.45) is 5.73 Å². The van der Waals surface area contributed by atoms with E-state index < -0.39 is 0 Å². The van der Waals surface area contributed by atoms with E-state index in [1.807, 2.05) is 13.8 Å². The lowest BCUT2D eigenvalue weighted by Gasteiger charge is -2.17. The van der Waals surface area contributed by atoms with Crippen molar-refractivity contribution in [3.8, 4) is 0 Å². The van der Waals surface area contributed by atoms with Gasteiger partial charge in [-0.3, -0.25) is 4.79 Å². The SMILES string of the molecule is CC(=O)C(CCCN)NC(C)C. The van der Waals surface area contributed by atoms with Crippen molar-refractivity contribution in [3.05, 3.63) is 0 Å². The molecule has 0 rings (SSSR count). The Labute approximate surface area is 74.7 Å². The predicted octanol–water partition coefficient (Wildman–Crippen LogP) is 0.681. The van der Waals surface area contributed by atoms with E-state index in [1.54, 1.807) is 6.92 Å². The van der Waals surface area contributed by atoms with Crippen molar-refractivity contribution in [2.45, 2.75) is 45.7 Å². The third-order valence-electron chi connectivity index (χ3n) is 1.72. The van der Waals surface area contributed by atoms with Crippen LogP contribution in [-0.4, -0.2) is 24.4 Å². The van der Waals surface area contributed by atoms with Crippen LogP contribution in [0.15, 0.2) is 0 Å². The third-order valence-corrected chi connectivity index (χ3v) is 1.72. The molecule has 0 saturated heterocycles. The summed E-state index contributed by atoms with van der Waals surface area (Å²) in [6.45, 7) is 6.36. The van der Waals surface area contributed by atoms with Crippen LogP contribution >= 0.6 is 0 Å². The lowest BCUT2D eigenvalue weighted by molar-refractivity contribution is -0.119. The molecule has 0 aromatic carbocycles. The number of rotatable bonds is 6. The second-order valence-corrected chi connectivity index (χ2v) is 3.42. The summed E-state index contributed by atoms with van der Waals surface area (Å²) in [5.74, 6) is 0.206. The molecule has 1 atom stereocenters. The van der Waals surface area contributed by atoms with Crippen molar-refractivity contribution in [3.63, 3.8) is 0 Å². The van der Waals surface area contributed by atoms with Gasteiger partial charge in [-0.15, -0.1) is 0 Å². The average molecular weight is 172 g/mol. The van der Waals surface area contributed by atoms with Crippen LogP contribution < -0.4 is 11.1 Å². The van der Waals surface area contributed by atoms with Gasteiger partial charge in [0.2, 0.25) is 0 Å². The number of nitrogens with one attached hydrogen (secondary N) is 1. The van der Waals surface area contributed by atoms with Crippen LogP contribution in [0.25, 0.3) is 0 Å². The maximum Gasteiger partial charge on any atom is 0.146 e. The Balaban J connectivity index is 3.78. The molecule has 0 spiro atoms. The Morgan fingerprint density at radius 1 is 1.50 bits per heavy atom. The molecule has 3 N–H and O–H groups in total. The molecule has 0 aliphatic carbocycles. The molecule has 72 valence electrons. The first kappa shape index (κ1) is 11.6. The predicted molar refractivity (Wildman–Crippen MR) is 51.0 cm³/mol. The largest absolute Gasteiger partial charge is 0.330 e. The number of hydrogen-bond donors (Lipinski definition) is 2. The molecule has 0 heterocycles. The van der Waals surface area contributed by atoms with E-state index >= 15 is 0 Å². The van der Waals surface area contributed by atoms with E-state index in [4.69, 9.17) is 5.73 Å². The maximum atomic E-state index is 11.1. The van der Waals surface area contributed by atoms with Crippen LogP contribution in [0.1, 0.15) is 33.6 Å². The first-order valence-electron chi connectivity index (χ1n) is 4.54. The Bertz CT molecular complexity index is 134. The minimum absolute atomic E-state index is 0.00597. The number of carbonyl (C=O) groups excluding carboxylic acids is 1. The maximum absolute atomic E-state index is 11.1. The lowest BCUT2D eigenvalue weighted by atomic mass is 10.1. The summed E-state index contributed by atoms with van der Waals surface area (Å²) in [4.78, 5) is 11.1. The zero-order chi connectivity index (χ0) is 9.56. The standard InChI is InChI=1S/C9H20N2O/c1-7(2)11-9(8(3)12)5-4-6-10/h7,9,11H,4-6,10H2,1-3H3. The zero-order valence-corrected chi connectivity index (χ0v) is 8.26. The Hall–Kier alpha value is -0.410. The molecular formula is C9H20N2O. The quantitative estimate of drug-likeness (QED) is 0.619. The minimum atomic E-state index is -0.00597. The topological polar surface area (TPSA) is 55.1 Å². The van der Waals surface area contributed by atoms with Gasteiger partial charge in [-0.25, -0.2) is 0 Å². The van der Waals surface area contributed by atoms with E-state index in [2.05, 4.69) is 5.32 Å². The summed E-state index contributed by atoms with van der Waals surface area (Å²) < 4.78 is 0. The summed E-state index contributed by atoms with van der Waals surface area (Å²) in [5.41, 5.74) is 5.37. The van der Waals surface area contributed by atoms with Crippen molar-refractivity contribution in [1.29, 1.82) is 0 Å². The fourth-order valence-corrected chi connectivity index (χ4v) is 1.13. The Kier molecular flexibility index (Phi) is 5.93. The van der Waals surface area contributed by atoms with E-state index in [-0.39, 0.29) is 11.8 Å². The lowest BCUT2D eigenvalue weighted by Crippen LogP contribution is -2.40. The van der Waals surface area contributed by atoms with E-state index in [0.717, 1.165) is 12.8 Å². The molecular weight excluding hydrogens is 152 g/mol. The van der Waals surface area contributed by atoms with Crippen LogP contribution in [0.3, 0.4) is 0 Å². The highest BCUT2D eigenvalue weighted by molar-refractivity contribution is 5.81. The second kappa shape index (κ2) is 6.14. The molecule has 0 aliphatic rings. The highest BCUT2D eigenvalue weighted by atomic mass is 16.1. The van der Waals surface area contributed by atoms with E-state index in [1.165, 1.54) is 0 Å². The van der Waals surface area contributed by atoms with Gasteiger partial charge in [-0.1, -0.05) is 13.8 Å². The first-order chi connectivity index (χ1) is 5.57. The van der Waals surface area contributed by atoms with Crippen LogP contribution in [-0.2, 0) is 4.79 Å². The van der Waals surface area contributed by atoms with Gasteiger partial charge in [-0.2, -0.15) is 0 Å². The molecule has 12 heavy (non-hydrogen) atoms. The first-order valence-corrected chi connectivity index (χ1v) is 4.54. The van der Waals surface area contributed by atoms with Gasteiger partial charge in [0.05, 0.1) is 6.04 Å². The molecule has 3 nitrogen and oxygen atoms in total. The van der Waals surface area contributed by atoms with Gasteiger partial charge in [-0.05, 0) is 26.3 Å². The normalized spacial score (nSPS) is 13.4. The molecule has 0 amide bonds. The molecule has 0 bridgehead atoms. The van der Waals surface area contributed by atoms with Gasteiger partial charge in [0.15, 0.2) is 0 Å². The second-order valence-electron chi connectivity index (χ2n) is 3.42. The van der Waals surface area contributed by atoms with Crippen LogP contribution in [0.2, 0.25) is 0 Å². The Morgan fingerprint density at radius 3 is 2.42 bits per heavy atom. The molecule has 0 aromatic rings. The van der Waals surface area contributed by atoms with Crippen molar-refractivity contribution in [1.82, 2.24) is 5.32 Å². The molecule has 0 aromatic heterocycles. The van der Waals surface area contributed by atoms with Gasteiger partial charge >= 0.3 is 0 Å². The molecule has 0 radical (unpaired) electrons. The molecule has 0 saturated carbocycles. The van der Waals surface area contributed by atoms with Gasteiger partial charge in [0.1, 0.15) is 5.78 Å². The van der Waals surface area contributed by atoms with E-state index in [9.17, 15) is 4.79 Å². The Morgan fingerprint density at radius 2 is 2.08 bits per heavy atom. The van der Waals surface area contributed by atoms with Gasteiger partial charge < -0.3 is 11.1 Å². The fraction of sp³-hybridized carbons (Fsp3) is 0.889. The van der Waals surface area contributed by atoms with Gasteiger partial charge in [0, 0.05) is 6.04 Å². The fourth-order valence-electron chi connectivity index (χ4n) is 1.13. The van der Waals surface area contributed by atoms with E-state index in [0.29, 0.717) is 12.6 Å². The summed E-state index contributed by atoms with van der Waals surface area (Å²) >= 11 is 0. The highest BCUT2D eigenvalue weighted by Crippen LogP contribution is 1.98. The summed E-state index contributed by atoms with van der Waals surface area (Å²) in [6, 6.07) is 0.352. The van der Waals surface area contributed by atoms with Crippen LogP contribution in [0.4, 0.5) is 0 Å². The zero-order valence-electron chi connectivity index (χ0n) is 8.26. The summed E-state index contributed by atoms with van der Waals surface area (Å²) in [7, 11) is 0. The number of carbonyl (C=O) groups is 1. The monoisotopic (exact) mass is 172 g/mol. The molecule has 3 heteroatoms. The molecule has 1 unspecified atom stereocenters. The number of nitrogens with two attached hydrogens (primary N) is 1. The minimum Gasteiger partial charge on any atom is -0.330 e. The number of ketones is 1. The van der Waals surface area contributed by atoms with Crippen LogP contribution in [0, 0.1) is 0 Å². The van der Waals surface area contributed by atoms with Gasteiger partial charge in [0.25, 0.3) is 0 Å². The highest BCUT2D eigenvalue weighted by Gasteiger charge is 2.13. The number of hydrogen-bond acceptors (Lipinski definition) is 3. The van der Waals surface area contributed by atoms with Crippen molar-refractivity contribution >= 4 is 5.78 Å². The number of Topliss-reactive ketones (excluding diaryl/α,β-unsaturated/α-hetero) is 1. The summed E-state index contributed by atoms with van der Waals surface area (Å²) in [5, 5.41) is 3.21.